The first kappa shape index (κ1) is 15.5. The molecule has 23 heavy (non-hydrogen) atoms. The number of nitrogens with zero attached hydrogens (tertiary/aromatic N) is 2. The van der Waals surface area contributed by atoms with Crippen LogP contribution in [0.1, 0.15) is 26.3 Å². The first-order valence-corrected chi connectivity index (χ1v) is 7.47. The highest BCUT2D eigenvalue weighted by molar-refractivity contribution is 5.90. The van der Waals surface area contributed by atoms with Crippen LogP contribution in [0.3, 0.4) is 0 Å². The van der Waals surface area contributed by atoms with E-state index in [4.69, 9.17) is 4.74 Å². The SMILES string of the molecule is C/C=C1\N=C(OCc2ccc(F)c(F)c2)C=C2NC(C)(C)CN21. The smallest absolute Gasteiger partial charge is 0.219 e. The zero-order valence-corrected chi connectivity index (χ0v) is 13.4. The van der Waals surface area contributed by atoms with Gasteiger partial charge in [0.2, 0.25) is 5.90 Å². The topological polar surface area (TPSA) is 36.9 Å². The van der Waals surface area contributed by atoms with Crippen LogP contribution in [0.15, 0.2) is 47.0 Å². The minimum absolute atomic E-state index is 0.0504. The standard InChI is InChI=1S/C17H19F2N3O/c1-4-14-20-16(8-15-21-17(2,3)10-22(14)15)23-9-11-5-6-12(18)13(19)7-11/h4-8,21H,9-10H2,1-3H3/b14-4+. The fraction of sp³-hybridized carbons (Fsp3) is 0.353. The van der Waals surface area contributed by atoms with Crippen molar-refractivity contribution in [2.45, 2.75) is 32.9 Å². The van der Waals surface area contributed by atoms with Gasteiger partial charge in [0.1, 0.15) is 18.2 Å². The lowest BCUT2D eigenvalue weighted by Crippen LogP contribution is -2.34. The molecular weight excluding hydrogens is 300 g/mol. The molecule has 0 unspecified atom stereocenters. The molecule has 0 spiro atoms. The van der Waals surface area contributed by atoms with Crippen molar-refractivity contribution in [3.05, 3.63) is 59.2 Å². The Hall–Kier alpha value is -2.37. The summed E-state index contributed by atoms with van der Waals surface area (Å²) in [6.07, 6.45) is 3.73. The average Bonchev–Trinajstić information content (AvgIpc) is 2.81. The lowest BCUT2D eigenvalue weighted by molar-refractivity contribution is 0.288. The predicted molar refractivity (Wildman–Crippen MR) is 84.3 cm³/mol. The molecule has 0 bridgehead atoms. The van der Waals surface area contributed by atoms with E-state index >= 15 is 0 Å². The van der Waals surface area contributed by atoms with E-state index in [9.17, 15) is 8.78 Å². The van der Waals surface area contributed by atoms with Crippen molar-refractivity contribution in [3.63, 3.8) is 0 Å². The Bertz CT molecular complexity index is 723. The van der Waals surface area contributed by atoms with Crippen molar-refractivity contribution >= 4 is 5.90 Å². The first-order chi connectivity index (χ1) is 10.9. The number of nitrogens with one attached hydrogen (secondary N) is 1. The van der Waals surface area contributed by atoms with Gasteiger partial charge in [-0.25, -0.2) is 8.78 Å². The second-order valence-electron chi connectivity index (χ2n) is 6.26. The molecule has 2 aliphatic rings. The monoisotopic (exact) mass is 319 g/mol. The molecule has 0 radical (unpaired) electrons. The van der Waals surface area contributed by atoms with Crippen LogP contribution in [-0.4, -0.2) is 22.9 Å². The van der Waals surface area contributed by atoms with Gasteiger partial charge < -0.3 is 15.0 Å². The molecule has 0 atom stereocenters. The summed E-state index contributed by atoms with van der Waals surface area (Å²) in [5, 5.41) is 3.42. The van der Waals surface area contributed by atoms with Crippen molar-refractivity contribution in [2.75, 3.05) is 6.54 Å². The minimum Gasteiger partial charge on any atom is -0.473 e. The first-order valence-electron chi connectivity index (χ1n) is 7.47. The van der Waals surface area contributed by atoms with Gasteiger partial charge in [0.15, 0.2) is 11.6 Å². The molecule has 6 heteroatoms. The Kier molecular flexibility index (Phi) is 3.83. The quantitative estimate of drug-likeness (QED) is 0.909. The summed E-state index contributed by atoms with van der Waals surface area (Å²) in [6.45, 7) is 7.08. The van der Waals surface area contributed by atoms with E-state index < -0.39 is 11.6 Å². The molecule has 1 aromatic carbocycles. The van der Waals surface area contributed by atoms with Crippen molar-refractivity contribution in [1.29, 1.82) is 0 Å². The molecule has 0 aliphatic carbocycles. The van der Waals surface area contributed by atoms with Gasteiger partial charge in [-0.2, -0.15) is 4.99 Å². The number of halogens is 2. The van der Waals surface area contributed by atoms with Crippen molar-refractivity contribution in [2.24, 2.45) is 4.99 Å². The van der Waals surface area contributed by atoms with E-state index in [-0.39, 0.29) is 12.1 Å². The summed E-state index contributed by atoms with van der Waals surface area (Å²) < 4.78 is 31.8. The van der Waals surface area contributed by atoms with Crippen LogP contribution >= 0.6 is 0 Å². The van der Waals surface area contributed by atoms with E-state index in [1.807, 2.05) is 19.1 Å². The largest absolute Gasteiger partial charge is 0.473 e. The lowest BCUT2D eigenvalue weighted by Gasteiger charge is -2.23. The number of aliphatic imine (C=N–C) groups is 1. The second kappa shape index (κ2) is 5.68. The number of rotatable bonds is 2. The Morgan fingerprint density at radius 3 is 2.83 bits per heavy atom. The molecule has 1 N–H and O–H groups in total. The molecule has 1 fully saturated rings. The van der Waals surface area contributed by atoms with Gasteiger partial charge in [-0.1, -0.05) is 6.07 Å². The second-order valence-corrected chi connectivity index (χ2v) is 6.26. The maximum Gasteiger partial charge on any atom is 0.219 e. The maximum atomic E-state index is 13.2. The van der Waals surface area contributed by atoms with Crippen LogP contribution in [0.4, 0.5) is 8.78 Å². The summed E-state index contributed by atoms with van der Waals surface area (Å²) in [5.41, 5.74) is 0.500. The lowest BCUT2D eigenvalue weighted by atomic mass is 10.1. The van der Waals surface area contributed by atoms with Gasteiger partial charge in [0.25, 0.3) is 0 Å². The molecule has 2 heterocycles. The molecule has 0 saturated carbocycles. The third-order valence-electron chi connectivity index (χ3n) is 3.70. The van der Waals surface area contributed by atoms with Crippen molar-refractivity contribution < 1.29 is 13.5 Å². The highest BCUT2D eigenvalue weighted by Crippen LogP contribution is 2.28. The molecule has 3 rings (SSSR count). The van der Waals surface area contributed by atoms with Gasteiger partial charge in [-0.3, -0.25) is 0 Å². The van der Waals surface area contributed by atoms with Crippen LogP contribution in [-0.2, 0) is 11.3 Å². The molecule has 4 nitrogen and oxygen atoms in total. The fourth-order valence-corrected chi connectivity index (χ4v) is 2.66. The Labute approximate surface area is 134 Å². The predicted octanol–water partition coefficient (Wildman–Crippen LogP) is 3.28. The van der Waals surface area contributed by atoms with E-state index in [1.54, 1.807) is 0 Å². The van der Waals surface area contributed by atoms with Gasteiger partial charge >= 0.3 is 0 Å². The minimum atomic E-state index is -0.880. The number of allylic oxidation sites excluding steroid dienone is 1. The molecular formula is C17H19F2N3O. The Balaban J connectivity index is 1.75. The molecule has 0 aromatic heterocycles. The van der Waals surface area contributed by atoms with Crippen molar-refractivity contribution in [1.82, 2.24) is 10.2 Å². The van der Waals surface area contributed by atoms with Crippen LogP contribution < -0.4 is 5.32 Å². The van der Waals surface area contributed by atoms with E-state index in [0.717, 1.165) is 30.3 Å². The Morgan fingerprint density at radius 2 is 2.13 bits per heavy atom. The maximum absolute atomic E-state index is 13.2. The molecule has 122 valence electrons. The summed E-state index contributed by atoms with van der Waals surface area (Å²) >= 11 is 0. The Morgan fingerprint density at radius 1 is 1.35 bits per heavy atom. The summed E-state index contributed by atoms with van der Waals surface area (Å²) in [7, 11) is 0. The highest BCUT2D eigenvalue weighted by atomic mass is 19.2. The van der Waals surface area contributed by atoms with E-state index in [0.29, 0.717) is 11.5 Å². The summed E-state index contributed by atoms with van der Waals surface area (Å²) in [6, 6.07) is 3.72. The average molecular weight is 319 g/mol. The van der Waals surface area contributed by atoms with E-state index in [2.05, 4.69) is 29.1 Å². The third-order valence-corrected chi connectivity index (χ3v) is 3.70. The van der Waals surface area contributed by atoms with Crippen LogP contribution in [0.25, 0.3) is 0 Å². The van der Waals surface area contributed by atoms with Crippen LogP contribution in [0.2, 0.25) is 0 Å². The van der Waals surface area contributed by atoms with Gasteiger partial charge in [0.05, 0.1) is 5.54 Å². The number of fused-ring (bicyclic) bond motifs is 1. The summed E-state index contributed by atoms with van der Waals surface area (Å²) in [4.78, 5) is 6.55. The molecule has 2 aliphatic heterocycles. The fourth-order valence-electron chi connectivity index (χ4n) is 2.66. The zero-order valence-electron chi connectivity index (χ0n) is 13.4. The number of hydrogen-bond acceptors (Lipinski definition) is 4. The molecule has 1 aromatic rings. The van der Waals surface area contributed by atoms with Crippen LogP contribution in [0, 0.1) is 11.6 Å². The van der Waals surface area contributed by atoms with Gasteiger partial charge in [-0.05, 0) is 44.5 Å². The third kappa shape index (κ3) is 3.21. The van der Waals surface area contributed by atoms with Crippen molar-refractivity contribution in [3.8, 4) is 0 Å². The molecule has 0 amide bonds. The normalized spacial score (nSPS) is 20.7. The van der Waals surface area contributed by atoms with Gasteiger partial charge in [-0.15, -0.1) is 0 Å². The zero-order chi connectivity index (χ0) is 16.6. The number of hydrogen-bond donors (Lipinski definition) is 1. The van der Waals surface area contributed by atoms with E-state index in [1.165, 1.54) is 6.07 Å². The highest BCUT2D eigenvalue weighted by Gasteiger charge is 2.35. The molecule has 1 saturated heterocycles. The van der Waals surface area contributed by atoms with Gasteiger partial charge in [0, 0.05) is 12.6 Å². The number of ether oxygens (including phenoxy) is 1. The summed E-state index contributed by atoms with van der Waals surface area (Å²) in [5.74, 6) is 0.434. The number of benzene rings is 1. The van der Waals surface area contributed by atoms with Crippen LogP contribution in [0.5, 0.6) is 0 Å².